The minimum Gasteiger partial charge on any atom is -0.511 e. The number of amides is 1. The average molecular weight is 574 g/mol. The van der Waals surface area contributed by atoms with Crippen LogP contribution in [0.1, 0.15) is 47.7 Å². The largest absolute Gasteiger partial charge is 0.511 e. The maximum Gasteiger partial charge on any atom is 0.255 e. The Balaban J connectivity index is 1.65. The number of aliphatic hydroxyl groups excluding tert-OH is 2. The first kappa shape index (κ1) is 29.4. The number of anilines is 1. The van der Waals surface area contributed by atoms with Crippen molar-refractivity contribution in [3.05, 3.63) is 69.7 Å². The van der Waals surface area contributed by atoms with E-state index in [2.05, 4.69) is 6.92 Å². The number of allylic oxidation sites excluding steroid dienone is 2. The zero-order chi connectivity index (χ0) is 30.6. The van der Waals surface area contributed by atoms with Crippen molar-refractivity contribution in [1.82, 2.24) is 4.90 Å². The van der Waals surface area contributed by atoms with Gasteiger partial charge in [0.1, 0.15) is 22.8 Å². The van der Waals surface area contributed by atoms with Gasteiger partial charge in [0.05, 0.1) is 17.5 Å². The van der Waals surface area contributed by atoms with Gasteiger partial charge in [0.2, 0.25) is 0 Å². The van der Waals surface area contributed by atoms with Crippen LogP contribution >= 0.6 is 0 Å². The molecule has 4 atom stereocenters. The van der Waals surface area contributed by atoms with Crippen LogP contribution in [0.4, 0.5) is 5.69 Å². The van der Waals surface area contributed by atoms with Gasteiger partial charge in [-0.15, -0.1) is 0 Å². The minimum atomic E-state index is -1.21. The molecule has 5 rings (SSSR count). The molecule has 0 aromatic heterocycles. The third-order valence-electron chi connectivity index (χ3n) is 9.11. The summed E-state index contributed by atoms with van der Waals surface area (Å²) < 4.78 is 0. The van der Waals surface area contributed by atoms with Crippen LogP contribution in [0.25, 0.3) is 11.1 Å². The van der Waals surface area contributed by atoms with Gasteiger partial charge in [0.15, 0.2) is 11.6 Å². The Kier molecular flexibility index (Phi) is 7.66. The average Bonchev–Trinajstić information content (AvgIpc) is 2.91. The second-order valence-corrected chi connectivity index (χ2v) is 12.1. The Labute approximate surface area is 245 Å². The van der Waals surface area contributed by atoms with Crippen LogP contribution in [-0.2, 0) is 22.4 Å². The quantitative estimate of drug-likeness (QED) is 0.363. The number of phenolic OH excluding ortho intramolecular Hbond substituents is 1. The summed E-state index contributed by atoms with van der Waals surface area (Å²) in [7, 11) is 7.18. The maximum absolute atomic E-state index is 14.2. The van der Waals surface area contributed by atoms with Gasteiger partial charge in [-0.2, -0.15) is 0 Å². The molecule has 222 valence electrons. The van der Waals surface area contributed by atoms with E-state index in [0.717, 1.165) is 30.5 Å². The number of nitrogens with zero attached hydrogens (tertiary/aromatic N) is 2. The van der Waals surface area contributed by atoms with Crippen LogP contribution in [0.15, 0.2) is 53.0 Å². The zero-order valence-electron chi connectivity index (χ0n) is 24.8. The van der Waals surface area contributed by atoms with Gasteiger partial charge < -0.3 is 26.0 Å². The summed E-state index contributed by atoms with van der Waals surface area (Å²) in [6.45, 7) is 2.14. The van der Waals surface area contributed by atoms with Crippen molar-refractivity contribution >= 4 is 23.2 Å². The van der Waals surface area contributed by atoms with Gasteiger partial charge in [-0.3, -0.25) is 19.3 Å². The maximum atomic E-state index is 14.2. The molecule has 2 aromatic rings. The van der Waals surface area contributed by atoms with E-state index in [1.165, 1.54) is 5.56 Å². The van der Waals surface area contributed by atoms with Gasteiger partial charge in [-0.25, -0.2) is 0 Å². The van der Waals surface area contributed by atoms with Crippen LogP contribution in [-0.4, -0.2) is 71.9 Å². The summed E-state index contributed by atoms with van der Waals surface area (Å²) in [6, 6.07) is 9.08. The van der Waals surface area contributed by atoms with E-state index in [1.807, 2.05) is 49.3 Å². The topological polar surface area (TPSA) is 144 Å². The Morgan fingerprint density at radius 3 is 2.26 bits per heavy atom. The Bertz CT molecular complexity index is 1540. The second kappa shape index (κ2) is 10.9. The number of primary amides is 1. The van der Waals surface area contributed by atoms with Gasteiger partial charge in [0.25, 0.3) is 5.91 Å². The molecule has 5 N–H and O–H groups in total. The lowest BCUT2D eigenvalue weighted by atomic mass is 9.60. The van der Waals surface area contributed by atoms with E-state index >= 15 is 0 Å². The highest BCUT2D eigenvalue weighted by Gasteiger charge is 2.54. The fourth-order valence-electron chi connectivity index (χ4n) is 7.17. The van der Waals surface area contributed by atoms with Crippen LogP contribution in [0.5, 0.6) is 5.75 Å². The number of carbonyl (C=O) groups is 3. The number of fused-ring (bicyclic) bond motifs is 3. The van der Waals surface area contributed by atoms with Crippen molar-refractivity contribution in [2.45, 2.75) is 45.1 Å². The van der Waals surface area contributed by atoms with Crippen molar-refractivity contribution < 1.29 is 29.7 Å². The number of hydrogen-bond acceptors (Lipinski definition) is 8. The molecular weight excluding hydrogens is 534 g/mol. The first-order chi connectivity index (χ1) is 19.9. The number of unbranched alkanes of at least 4 members (excludes halogenated alkanes) is 1. The number of likely N-dealkylation sites (N-methyl/N-ethyl adjacent to an activating group) is 1. The lowest BCUT2D eigenvalue weighted by Gasteiger charge is -2.46. The van der Waals surface area contributed by atoms with Gasteiger partial charge >= 0.3 is 0 Å². The van der Waals surface area contributed by atoms with E-state index < -0.39 is 58.4 Å². The molecule has 0 bridgehead atoms. The van der Waals surface area contributed by atoms with E-state index in [4.69, 9.17) is 5.73 Å². The van der Waals surface area contributed by atoms with E-state index in [1.54, 1.807) is 19.0 Å². The number of ketones is 2. The first-order valence-corrected chi connectivity index (χ1v) is 14.5. The van der Waals surface area contributed by atoms with E-state index in [0.29, 0.717) is 24.0 Å². The molecule has 42 heavy (non-hydrogen) atoms. The molecule has 0 fully saturated rings. The predicted molar refractivity (Wildman–Crippen MR) is 161 cm³/mol. The molecule has 0 spiro atoms. The molecule has 0 saturated carbocycles. The molecule has 1 unspecified atom stereocenters. The molecule has 0 radical (unpaired) electrons. The number of phenols is 1. The number of hydrogen-bond donors (Lipinski definition) is 4. The summed E-state index contributed by atoms with van der Waals surface area (Å²) in [6.07, 6.45) is 3.80. The van der Waals surface area contributed by atoms with Crippen LogP contribution in [0.3, 0.4) is 0 Å². The third kappa shape index (κ3) is 4.56. The number of aromatic hydroxyl groups is 1. The SMILES string of the molecule is CCCCc1ccc(-c2cc(N(C)C)c3c(c2O)C(=O)C2=C(O)C4C(=O)C(C(N)=O)=C(O)[C@@H](N(C)C)[C@@H]4C[C@@H]2C3)cc1. The summed E-state index contributed by atoms with van der Waals surface area (Å²) >= 11 is 0. The molecule has 0 aliphatic heterocycles. The highest BCUT2D eigenvalue weighted by Crippen LogP contribution is 2.52. The van der Waals surface area contributed by atoms with Crippen LogP contribution < -0.4 is 10.6 Å². The molecule has 9 nitrogen and oxygen atoms in total. The van der Waals surface area contributed by atoms with E-state index in [-0.39, 0.29) is 16.9 Å². The number of carbonyl (C=O) groups excluding carboxylic acids is 3. The lowest BCUT2D eigenvalue weighted by Crippen LogP contribution is -2.53. The Morgan fingerprint density at radius 2 is 1.69 bits per heavy atom. The third-order valence-corrected chi connectivity index (χ3v) is 9.11. The molecule has 3 aliphatic carbocycles. The van der Waals surface area contributed by atoms with Crippen molar-refractivity contribution in [1.29, 1.82) is 0 Å². The standard InChI is InChI=1S/C33H39N3O6/c1-6-7-8-16-9-11-17(12-10-16)19-15-22(35(2)3)20-13-18-14-21-25(30(39)23(18)29(38)24(20)28(19)37)31(40)26(33(34)42)32(41)27(21)36(4)5/h9-12,15,18,21,25,27,37,39,41H,6-8,13-14H2,1-5H3,(H2,34,42)/t18-,21+,25?,27-/m0/s1. The smallest absolute Gasteiger partial charge is 0.255 e. The van der Waals surface area contributed by atoms with Gasteiger partial charge in [-0.05, 0) is 74.4 Å². The molecule has 0 heterocycles. The zero-order valence-corrected chi connectivity index (χ0v) is 24.8. The first-order valence-electron chi connectivity index (χ1n) is 14.5. The minimum absolute atomic E-state index is 0.0758. The number of rotatable bonds is 7. The summed E-state index contributed by atoms with van der Waals surface area (Å²) in [5.41, 5.74) is 9.03. The van der Waals surface area contributed by atoms with E-state index in [9.17, 15) is 29.7 Å². The van der Waals surface area contributed by atoms with Gasteiger partial charge in [0, 0.05) is 30.9 Å². The number of benzene rings is 2. The number of Topliss-reactive ketones (excluding diaryl/α,β-unsaturated/α-hetero) is 2. The normalized spacial score (nSPS) is 23.6. The fraction of sp³-hybridized carbons (Fsp3) is 0.424. The van der Waals surface area contributed by atoms with Crippen molar-refractivity contribution in [2.24, 2.45) is 23.5 Å². The van der Waals surface area contributed by atoms with Crippen molar-refractivity contribution in [3.63, 3.8) is 0 Å². The number of aliphatic hydroxyl groups is 2. The summed E-state index contributed by atoms with van der Waals surface area (Å²) in [5, 5.41) is 34.1. The van der Waals surface area contributed by atoms with Crippen molar-refractivity contribution in [3.8, 4) is 16.9 Å². The molecular formula is C33H39N3O6. The van der Waals surface area contributed by atoms with Gasteiger partial charge in [-0.1, -0.05) is 37.6 Å². The molecule has 0 saturated heterocycles. The number of nitrogens with two attached hydrogens (primary N) is 1. The Morgan fingerprint density at radius 1 is 1.02 bits per heavy atom. The highest BCUT2D eigenvalue weighted by atomic mass is 16.3. The van der Waals surface area contributed by atoms with Crippen LogP contribution in [0, 0.1) is 17.8 Å². The monoisotopic (exact) mass is 573 g/mol. The predicted octanol–water partition coefficient (Wildman–Crippen LogP) is 4.08. The summed E-state index contributed by atoms with van der Waals surface area (Å²) in [4.78, 5) is 43.5. The highest BCUT2D eigenvalue weighted by molar-refractivity contribution is 6.22. The fourth-order valence-corrected chi connectivity index (χ4v) is 7.17. The molecule has 3 aliphatic rings. The Hall–Kier alpha value is -4.11. The second-order valence-electron chi connectivity index (χ2n) is 12.1. The number of aryl methyl sites for hydroxylation is 1. The molecule has 9 heteroatoms. The lowest BCUT2D eigenvalue weighted by molar-refractivity contribution is -0.127. The van der Waals surface area contributed by atoms with Crippen LogP contribution in [0.2, 0.25) is 0 Å². The molecule has 1 amide bonds. The molecule has 2 aromatic carbocycles. The van der Waals surface area contributed by atoms with Crippen molar-refractivity contribution in [2.75, 3.05) is 33.1 Å². The summed E-state index contributed by atoms with van der Waals surface area (Å²) in [5.74, 6) is -5.64.